The van der Waals surface area contributed by atoms with Gasteiger partial charge in [0.25, 0.3) is 0 Å². The van der Waals surface area contributed by atoms with E-state index in [-0.39, 0.29) is 41.8 Å². The van der Waals surface area contributed by atoms with Gasteiger partial charge in [-0.1, -0.05) is 36.4 Å². The predicted octanol–water partition coefficient (Wildman–Crippen LogP) is 3.13. The Morgan fingerprint density at radius 2 is 1.66 bits per heavy atom. The number of phenols is 1. The molecular weight excluding hydrogens is 526 g/mol. The predicted molar refractivity (Wildman–Crippen MR) is 151 cm³/mol. The van der Waals surface area contributed by atoms with Gasteiger partial charge in [0.05, 0.1) is 32.5 Å². The summed E-state index contributed by atoms with van der Waals surface area (Å²) >= 11 is 0. The molecule has 3 aliphatic rings. The molecule has 2 heterocycles. The first-order valence-corrected chi connectivity index (χ1v) is 13.1. The monoisotopic (exact) mass is 553 g/mol. The Kier molecular flexibility index (Phi) is 6.25. The molecule has 0 saturated carbocycles. The number of ether oxygens (including phenoxy) is 2. The Labute approximate surface area is 234 Å². The smallest absolute Gasteiger partial charge is 0.352 e. The van der Waals surface area contributed by atoms with Gasteiger partial charge in [0.1, 0.15) is 0 Å². The van der Waals surface area contributed by atoms with Crippen molar-refractivity contribution in [1.82, 2.24) is 13.9 Å². The van der Waals surface area contributed by atoms with Crippen LogP contribution in [0, 0.1) is 5.92 Å². The fraction of sp³-hybridized carbons (Fsp3) is 0.226. The van der Waals surface area contributed by atoms with E-state index in [0.29, 0.717) is 28.0 Å². The number of Topliss-reactive ketones (excluding diaryl/α,β-unsaturated/α-hetero) is 1. The summed E-state index contributed by atoms with van der Waals surface area (Å²) in [5.74, 6) is -0.862. The van der Waals surface area contributed by atoms with Crippen molar-refractivity contribution in [2.24, 2.45) is 5.92 Å². The van der Waals surface area contributed by atoms with Gasteiger partial charge in [0, 0.05) is 29.1 Å². The zero-order chi connectivity index (χ0) is 29.0. The van der Waals surface area contributed by atoms with Crippen molar-refractivity contribution < 1.29 is 24.2 Å². The second-order valence-electron chi connectivity index (χ2n) is 10.1. The molecule has 208 valence electrons. The van der Waals surface area contributed by atoms with E-state index in [1.165, 1.54) is 29.7 Å². The number of aromatic hydroxyl groups is 1. The maximum absolute atomic E-state index is 13.7. The molecule has 10 nitrogen and oxygen atoms in total. The van der Waals surface area contributed by atoms with Gasteiger partial charge in [-0.2, -0.15) is 0 Å². The minimum absolute atomic E-state index is 0.110. The van der Waals surface area contributed by atoms with E-state index in [0.717, 1.165) is 10.1 Å². The number of ketones is 2. The van der Waals surface area contributed by atoms with Gasteiger partial charge in [-0.3, -0.25) is 9.59 Å². The topological polar surface area (TPSA) is 122 Å². The number of fused-ring (bicyclic) bond motifs is 3. The highest BCUT2D eigenvalue weighted by molar-refractivity contribution is 6.23. The molecular formula is C31H27N3O7. The molecule has 0 fully saturated rings. The third kappa shape index (κ3) is 4.02. The lowest BCUT2D eigenvalue weighted by Crippen LogP contribution is -2.41. The van der Waals surface area contributed by atoms with Crippen LogP contribution in [0.1, 0.15) is 24.9 Å². The number of hydrogen-bond donors (Lipinski definition) is 1. The summed E-state index contributed by atoms with van der Waals surface area (Å²) in [6.45, 7) is 1.74. The Hall–Kier alpha value is -5.12. The molecule has 2 aliphatic carbocycles. The summed E-state index contributed by atoms with van der Waals surface area (Å²) in [6, 6.07) is 11.3. The Morgan fingerprint density at radius 3 is 2.32 bits per heavy atom. The van der Waals surface area contributed by atoms with E-state index in [2.05, 4.69) is 0 Å². The molecule has 1 aromatic heterocycles. The molecule has 3 aromatic rings. The molecule has 1 N–H and O–H groups in total. The number of methoxy groups -OCH3 is 2. The molecule has 41 heavy (non-hydrogen) atoms. The van der Waals surface area contributed by atoms with Crippen LogP contribution < -0.4 is 20.9 Å². The molecule has 2 aromatic carbocycles. The van der Waals surface area contributed by atoms with E-state index in [1.807, 2.05) is 6.08 Å². The normalized spacial score (nSPS) is 19.9. The summed E-state index contributed by atoms with van der Waals surface area (Å²) in [4.78, 5) is 53.8. The van der Waals surface area contributed by atoms with Crippen LogP contribution in [0.25, 0.3) is 11.8 Å². The minimum atomic E-state index is -0.644. The summed E-state index contributed by atoms with van der Waals surface area (Å²) in [5.41, 5.74) is 1.88. The third-order valence-electron chi connectivity index (χ3n) is 7.88. The first kappa shape index (κ1) is 26.1. The van der Waals surface area contributed by atoms with Crippen molar-refractivity contribution in [3.8, 4) is 22.9 Å². The number of aromatic nitrogens is 3. The maximum Gasteiger partial charge on any atom is 0.352 e. The summed E-state index contributed by atoms with van der Waals surface area (Å²) in [5, 5.41) is 10.3. The second-order valence-corrected chi connectivity index (χ2v) is 10.1. The summed E-state index contributed by atoms with van der Waals surface area (Å²) < 4.78 is 14.5. The molecule has 0 saturated heterocycles. The van der Waals surface area contributed by atoms with Gasteiger partial charge < -0.3 is 14.6 Å². The van der Waals surface area contributed by atoms with Crippen molar-refractivity contribution in [2.45, 2.75) is 25.9 Å². The van der Waals surface area contributed by atoms with Gasteiger partial charge in [-0.05, 0) is 48.4 Å². The van der Waals surface area contributed by atoms with Crippen LogP contribution in [-0.2, 0) is 16.1 Å². The highest BCUT2D eigenvalue weighted by atomic mass is 16.5. The van der Waals surface area contributed by atoms with Crippen LogP contribution in [0.4, 0.5) is 0 Å². The van der Waals surface area contributed by atoms with E-state index >= 15 is 0 Å². The summed E-state index contributed by atoms with van der Waals surface area (Å²) in [6.07, 6.45) is 6.87. The zero-order valence-corrected chi connectivity index (χ0v) is 22.7. The highest BCUT2D eigenvalue weighted by Crippen LogP contribution is 2.46. The SMILES string of the molecule is COc1cc(C=C[C@H]2C3=CCn4c(=O)n(-c5ccccc5)c(=O)n4[C@@H]3CC3=C2C(=O)C(C)=CC3=O)cc(OC)c1O. The number of para-hydroxylation sites is 1. The standard InChI is InChI=1S/C31H27N3O7/c1-17-13-24(35)22-16-23-20(11-12-32-30(38)33(31(39)34(23)32)19-7-5-4-6-8-19)21(27(22)28(17)36)10-9-18-14-25(40-2)29(37)26(15-18)41-3/h4-11,13-15,21,23,37H,12,16H2,1-3H3/t21-,23+/m0/s1. The van der Waals surface area contributed by atoms with Gasteiger partial charge in [0.15, 0.2) is 23.1 Å². The lowest BCUT2D eigenvalue weighted by atomic mass is 9.70. The lowest BCUT2D eigenvalue weighted by Gasteiger charge is -2.38. The van der Waals surface area contributed by atoms with Crippen LogP contribution in [0.5, 0.6) is 17.2 Å². The van der Waals surface area contributed by atoms with Gasteiger partial charge >= 0.3 is 11.4 Å². The molecule has 2 atom stereocenters. The Bertz CT molecular complexity index is 1840. The van der Waals surface area contributed by atoms with Crippen LogP contribution in [0.2, 0.25) is 0 Å². The van der Waals surface area contributed by atoms with E-state index in [1.54, 1.807) is 61.5 Å². The van der Waals surface area contributed by atoms with Gasteiger partial charge in [-0.15, -0.1) is 0 Å². The molecule has 10 heteroatoms. The van der Waals surface area contributed by atoms with Crippen LogP contribution in [0.15, 0.2) is 92.6 Å². The second kappa shape index (κ2) is 9.81. The number of hydrogen-bond acceptors (Lipinski definition) is 7. The molecule has 0 radical (unpaired) electrons. The van der Waals surface area contributed by atoms with Gasteiger partial charge in [0.2, 0.25) is 5.75 Å². The number of carbonyl (C=O) groups excluding carboxylic acids is 2. The van der Waals surface area contributed by atoms with E-state index in [9.17, 15) is 24.3 Å². The number of allylic oxidation sites excluding steroid dienone is 7. The van der Waals surface area contributed by atoms with Crippen LogP contribution in [0.3, 0.4) is 0 Å². The molecule has 6 rings (SSSR count). The lowest BCUT2D eigenvalue weighted by molar-refractivity contribution is -0.116. The van der Waals surface area contributed by atoms with E-state index < -0.39 is 23.3 Å². The number of phenolic OH excluding ortho intramolecular Hbond substituents is 1. The van der Waals surface area contributed by atoms with E-state index in [4.69, 9.17) is 9.47 Å². The number of rotatable bonds is 5. The molecule has 0 spiro atoms. The minimum Gasteiger partial charge on any atom is -0.502 e. The average molecular weight is 554 g/mol. The molecule has 0 bridgehead atoms. The van der Waals surface area contributed by atoms with Crippen molar-refractivity contribution in [2.75, 3.05) is 14.2 Å². The Morgan fingerprint density at radius 1 is 0.976 bits per heavy atom. The fourth-order valence-corrected chi connectivity index (χ4v) is 5.92. The summed E-state index contributed by atoms with van der Waals surface area (Å²) in [7, 11) is 2.86. The molecule has 0 amide bonds. The third-order valence-corrected chi connectivity index (χ3v) is 7.88. The molecule has 1 aliphatic heterocycles. The highest BCUT2D eigenvalue weighted by Gasteiger charge is 2.43. The number of benzene rings is 2. The van der Waals surface area contributed by atoms with Crippen LogP contribution >= 0.6 is 0 Å². The first-order valence-electron chi connectivity index (χ1n) is 13.1. The number of carbonyl (C=O) groups is 2. The van der Waals surface area contributed by atoms with Gasteiger partial charge in [-0.25, -0.2) is 23.5 Å². The maximum atomic E-state index is 13.7. The van der Waals surface area contributed by atoms with Crippen molar-refractivity contribution >= 4 is 17.6 Å². The molecule has 0 unspecified atom stereocenters. The first-order chi connectivity index (χ1) is 19.7. The van der Waals surface area contributed by atoms with Crippen molar-refractivity contribution in [3.63, 3.8) is 0 Å². The fourth-order valence-electron chi connectivity index (χ4n) is 5.92. The van der Waals surface area contributed by atoms with Crippen molar-refractivity contribution in [3.05, 3.63) is 110 Å². The number of nitrogens with zero attached hydrogens (tertiary/aromatic N) is 3. The zero-order valence-electron chi connectivity index (χ0n) is 22.7. The quantitative estimate of drug-likeness (QED) is 0.381. The van der Waals surface area contributed by atoms with Crippen molar-refractivity contribution in [1.29, 1.82) is 0 Å². The Balaban J connectivity index is 1.51. The largest absolute Gasteiger partial charge is 0.502 e. The van der Waals surface area contributed by atoms with Crippen LogP contribution in [-0.4, -0.2) is 44.8 Å². The average Bonchev–Trinajstić information content (AvgIpc) is 3.24.